The molecule has 0 amide bonds. The number of allylic oxidation sites excluding steroid dienone is 1. The van der Waals surface area contributed by atoms with Crippen LogP contribution < -0.4 is 5.32 Å². The predicted molar refractivity (Wildman–Crippen MR) is 54.2 cm³/mol. The maximum Gasteiger partial charge on any atom is 0.0166 e. The van der Waals surface area contributed by atoms with E-state index in [0.29, 0.717) is 0 Å². The average molecular weight is 167 g/mol. The fourth-order valence-electron chi connectivity index (χ4n) is 1.13. The second-order valence-corrected chi connectivity index (χ2v) is 4.95. The van der Waals surface area contributed by atoms with Crippen LogP contribution in [0, 0.1) is 5.92 Å². The fourth-order valence-corrected chi connectivity index (χ4v) is 1.13. The summed E-state index contributed by atoms with van der Waals surface area (Å²) in [5.41, 5.74) is 1.74. The van der Waals surface area contributed by atoms with Crippen LogP contribution in [0.3, 0.4) is 0 Å². The predicted octanol–water partition coefficient (Wildman–Crippen LogP) is 2.73. The molecule has 70 valence electrons. The van der Waals surface area contributed by atoms with Gasteiger partial charge in [-0.05, 0) is 46.5 Å². The number of hydrogen-bond acceptors (Lipinski definition) is 1. The van der Waals surface area contributed by atoms with Crippen LogP contribution in [0.4, 0.5) is 0 Å². The van der Waals surface area contributed by atoms with Crippen molar-refractivity contribution in [2.75, 3.05) is 6.54 Å². The normalized spacial score (nSPS) is 19.8. The summed E-state index contributed by atoms with van der Waals surface area (Å²) >= 11 is 0. The molecule has 0 aromatic rings. The van der Waals surface area contributed by atoms with Crippen LogP contribution in [-0.2, 0) is 0 Å². The van der Waals surface area contributed by atoms with Gasteiger partial charge in [-0.2, -0.15) is 0 Å². The van der Waals surface area contributed by atoms with Gasteiger partial charge in [-0.25, -0.2) is 0 Å². The molecule has 1 nitrogen and oxygen atoms in total. The van der Waals surface area contributed by atoms with Gasteiger partial charge in [0.05, 0.1) is 0 Å². The molecule has 0 bridgehead atoms. The lowest BCUT2D eigenvalue weighted by Gasteiger charge is -2.20. The maximum atomic E-state index is 3.49. The molecular formula is C11H21N. The van der Waals surface area contributed by atoms with Crippen LogP contribution >= 0.6 is 0 Å². The SMILES string of the molecule is CC(=CC1CC1)CNC(C)(C)C. The molecule has 1 N–H and O–H groups in total. The Morgan fingerprint density at radius 2 is 2.00 bits per heavy atom. The summed E-state index contributed by atoms with van der Waals surface area (Å²) in [6.45, 7) is 9.88. The number of hydrogen-bond donors (Lipinski definition) is 1. The molecule has 0 atom stereocenters. The first-order chi connectivity index (χ1) is 5.47. The zero-order chi connectivity index (χ0) is 9.19. The maximum absolute atomic E-state index is 3.49. The van der Waals surface area contributed by atoms with Crippen molar-refractivity contribution in [2.45, 2.75) is 46.1 Å². The third-order valence-electron chi connectivity index (χ3n) is 2.04. The van der Waals surface area contributed by atoms with Crippen LogP contribution in [0.5, 0.6) is 0 Å². The first-order valence-electron chi connectivity index (χ1n) is 4.90. The smallest absolute Gasteiger partial charge is 0.0166 e. The third kappa shape index (κ3) is 4.55. The van der Waals surface area contributed by atoms with Gasteiger partial charge >= 0.3 is 0 Å². The van der Waals surface area contributed by atoms with Crippen molar-refractivity contribution in [1.82, 2.24) is 5.32 Å². The molecule has 1 rings (SSSR count). The first kappa shape index (κ1) is 9.79. The van der Waals surface area contributed by atoms with Gasteiger partial charge in [0.25, 0.3) is 0 Å². The Balaban J connectivity index is 2.21. The first-order valence-corrected chi connectivity index (χ1v) is 4.90. The molecule has 0 aromatic heterocycles. The Bertz CT molecular complexity index is 170. The molecule has 1 saturated carbocycles. The fraction of sp³-hybridized carbons (Fsp3) is 0.818. The van der Waals surface area contributed by atoms with Crippen LogP contribution in [-0.4, -0.2) is 12.1 Å². The lowest BCUT2D eigenvalue weighted by Crippen LogP contribution is -2.36. The highest BCUT2D eigenvalue weighted by Crippen LogP contribution is 2.31. The van der Waals surface area contributed by atoms with Crippen molar-refractivity contribution in [3.8, 4) is 0 Å². The Morgan fingerprint density at radius 1 is 1.42 bits per heavy atom. The number of nitrogens with one attached hydrogen (secondary N) is 1. The van der Waals surface area contributed by atoms with Crippen molar-refractivity contribution in [2.24, 2.45) is 5.92 Å². The van der Waals surface area contributed by atoms with E-state index in [1.807, 2.05) is 0 Å². The lowest BCUT2D eigenvalue weighted by atomic mass is 10.1. The van der Waals surface area contributed by atoms with Crippen LogP contribution in [0.1, 0.15) is 40.5 Å². The van der Waals surface area contributed by atoms with E-state index < -0.39 is 0 Å². The highest BCUT2D eigenvalue weighted by atomic mass is 14.9. The lowest BCUT2D eigenvalue weighted by molar-refractivity contribution is 0.444. The molecule has 0 spiro atoms. The molecule has 1 heteroatoms. The summed E-state index contributed by atoms with van der Waals surface area (Å²) < 4.78 is 0. The quantitative estimate of drug-likeness (QED) is 0.637. The van der Waals surface area contributed by atoms with Gasteiger partial charge in [0, 0.05) is 12.1 Å². The van der Waals surface area contributed by atoms with Crippen molar-refractivity contribution in [3.05, 3.63) is 11.6 Å². The van der Waals surface area contributed by atoms with Gasteiger partial charge in [0.2, 0.25) is 0 Å². The van der Waals surface area contributed by atoms with E-state index in [1.165, 1.54) is 18.4 Å². The highest BCUT2D eigenvalue weighted by molar-refractivity contribution is 5.07. The minimum atomic E-state index is 0.249. The van der Waals surface area contributed by atoms with E-state index in [4.69, 9.17) is 0 Å². The summed E-state index contributed by atoms with van der Waals surface area (Å²) in [4.78, 5) is 0. The molecule has 1 fully saturated rings. The van der Waals surface area contributed by atoms with Gasteiger partial charge in [0.1, 0.15) is 0 Å². The largest absolute Gasteiger partial charge is 0.308 e. The van der Waals surface area contributed by atoms with Crippen molar-refractivity contribution < 1.29 is 0 Å². The summed E-state index contributed by atoms with van der Waals surface area (Å²) in [6.07, 6.45) is 5.23. The zero-order valence-electron chi connectivity index (χ0n) is 8.78. The molecule has 0 aromatic carbocycles. The van der Waals surface area contributed by atoms with Gasteiger partial charge in [-0.3, -0.25) is 0 Å². The molecule has 0 aliphatic heterocycles. The summed E-state index contributed by atoms with van der Waals surface area (Å²) in [5.74, 6) is 0.909. The Morgan fingerprint density at radius 3 is 2.42 bits per heavy atom. The molecule has 0 unspecified atom stereocenters. The van der Waals surface area contributed by atoms with Gasteiger partial charge in [0.15, 0.2) is 0 Å². The van der Waals surface area contributed by atoms with E-state index >= 15 is 0 Å². The standard InChI is InChI=1S/C11H21N/c1-9(7-10-5-6-10)8-12-11(2,3)4/h7,10,12H,5-6,8H2,1-4H3. The van der Waals surface area contributed by atoms with Crippen molar-refractivity contribution in [3.63, 3.8) is 0 Å². The zero-order valence-corrected chi connectivity index (χ0v) is 8.78. The van der Waals surface area contributed by atoms with Crippen LogP contribution in [0.15, 0.2) is 11.6 Å². The van der Waals surface area contributed by atoms with E-state index in [1.54, 1.807) is 0 Å². The van der Waals surface area contributed by atoms with Gasteiger partial charge in [-0.15, -0.1) is 0 Å². The van der Waals surface area contributed by atoms with Crippen molar-refractivity contribution >= 4 is 0 Å². The number of rotatable bonds is 3. The molecule has 0 heterocycles. The van der Waals surface area contributed by atoms with Crippen molar-refractivity contribution in [1.29, 1.82) is 0 Å². The molecule has 1 aliphatic carbocycles. The molecule has 0 radical (unpaired) electrons. The minimum Gasteiger partial charge on any atom is -0.308 e. The van der Waals surface area contributed by atoms with E-state index in [-0.39, 0.29) is 5.54 Å². The highest BCUT2D eigenvalue weighted by Gasteiger charge is 2.18. The van der Waals surface area contributed by atoms with Crippen LogP contribution in [0.2, 0.25) is 0 Å². The third-order valence-corrected chi connectivity index (χ3v) is 2.04. The van der Waals surface area contributed by atoms with E-state index in [0.717, 1.165) is 12.5 Å². The molecule has 1 aliphatic rings. The minimum absolute atomic E-state index is 0.249. The van der Waals surface area contributed by atoms with E-state index in [2.05, 4.69) is 39.1 Å². The Hall–Kier alpha value is -0.300. The van der Waals surface area contributed by atoms with Gasteiger partial charge in [-0.1, -0.05) is 11.6 Å². The van der Waals surface area contributed by atoms with Crippen LogP contribution in [0.25, 0.3) is 0 Å². The molecule has 12 heavy (non-hydrogen) atoms. The second-order valence-electron chi connectivity index (χ2n) is 4.95. The average Bonchev–Trinajstić information content (AvgIpc) is 2.66. The Labute approximate surface area is 76.2 Å². The summed E-state index contributed by atoms with van der Waals surface area (Å²) in [6, 6.07) is 0. The van der Waals surface area contributed by atoms with E-state index in [9.17, 15) is 0 Å². The summed E-state index contributed by atoms with van der Waals surface area (Å²) in [7, 11) is 0. The van der Waals surface area contributed by atoms with Gasteiger partial charge < -0.3 is 5.32 Å². The molecular weight excluding hydrogens is 146 g/mol. The topological polar surface area (TPSA) is 12.0 Å². The molecule has 0 saturated heterocycles. The summed E-state index contributed by atoms with van der Waals surface area (Å²) in [5, 5.41) is 3.49. The second kappa shape index (κ2) is 3.61. The Kier molecular flexibility index (Phi) is 2.94. The monoisotopic (exact) mass is 167 g/mol.